The molecule has 1 atom stereocenters. The van der Waals surface area contributed by atoms with Gasteiger partial charge in [-0.05, 0) is 19.1 Å². The van der Waals surface area contributed by atoms with E-state index in [1.165, 1.54) is 17.4 Å². The van der Waals surface area contributed by atoms with Gasteiger partial charge in [-0.15, -0.1) is 0 Å². The van der Waals surface area contributed by atoms with E-state index in [1.54, 1.807) is 12.5 Å². The van der Waals surface area contributed by atoms with E-state index in [1.807, 2.05) is 36.5 Å². The summed E-state index contributed by atoms with van der Waals surface area (Å²) in [4.78, 5) is 30.7. The summed E-state index contributed by atoms with van der Waals surface area (Å²) in [6.07, 6.45) is 6.44. The molecule has 1 aliphatic heterocycles. The second-order valence-corrected chi connectivity index (χ2v) is 12.3. The Bertz CT molecular complexity index is 1540. The van der Waals surface area contributed by atoms with Crippen molar-refractivity contribution in [2.45, 2.75) is 24.1 Å². The highest BCUT2D eigenvalue weighted by atomic mass is 32.2. The lowest BCUT2D eigenvalue weighted by Crippen LogP contribution is -2.50. The van der Waals surface area contributed by atoms with Gasteiger partial charge in [-0.1, -0.05) is 29.5 Å². The number of carbonyl (C=O) groups excluding carboxylic acids is 1. The zero-order chi connectivity index (χ0) is 26.7. The molecule has 1 unspecified atom stereocenters. The molecule has 1 amide bonds. The van der Waals surface area contributed by atoms with Gasteiger partial charge in [-0.25, -0.2) is 23.4 Å². The Morgan fingerprint density at radius 2 is 1.89 bits per heavy atom. The van der Waals surface area contributed by atoms with Gasteiger partial charge in [-0.3, -0.25) is 14.7 Å². The molecule has 13 heteroatoms. The molecule has 38 heavy (non-hydrogen) atoms. The number of fused-ring (bicyclic) bond motifs is 1. The highest BCUT2D eigenvalue weighted by Gasteiger charge is 2.30. The molecule has 2 N–H and O–H groups in total. The van der Waals surface area contributed by atoms with Crippen LogP contribution in [0.4, 0.5) is 10.9 Å². The van der Waals surface area contributed by atoms with Crippen molar-refractivity contribution in [3.8, 4) is 11.1 Å². The van der Waals surface area contributed by atoms with Gasteiger partial charge in [0.1, 0.15) is 12.1 Å². The van der Waals surface area contributed by atoms with Crippen molar-refractivity contribution in [2.24, 2.45) is 0 Å². The van der Waals surface area contributed by atoms with Gasteiger partial charge in [0.2, 0.25) is 5.91 Å². The lowest BCUT2D eigenvalue weighted by molar-refractivity contribution is -0.114. The van der Waals surface area contributed by atoms with E-state index < -0.39 is 10.0 Å². The topological polar surface area (TPSA) is 133 Å². The number of hydrogen-bond acceptors (Lipinski definition) is 10. The van der Waals surface area contributed by atoms with Crippen LogP contribution in [0.15, 0.2) is 59.5 Å². The zero-order valence-electron chi connectivity index (χ0n) is 21.0. The Kier molecular flexibility index (Phi) is 7.61. The summed E-state index contributed by atoms with van der Waals surface area (Å²) >= 11 is 0.963. The molecular weight excluding hydrogens is 524 g/mol. The number of hydrogen-bond donors (Lipinski definition) is 2. The first-order chi connectivity index (χ1) is 18.3. The van der Waals surface area contributed by atoms with Crippen LogP contribution in [0.3, 0.4) is 0 Å². The van der Waals surface area contributed by atoms with Crippen molar-refractivity contribution in [3.63, 3.8) is 0 Å². The average molecular weight is 553 g/mol. The lowest BCUT2D eigenvalue weighted by atomic mass is 10.0. The molecule has 0 radical (unpaired) electrons. The molecule has 1 fully saturated rings. The molecular formula is C25H28N8O3S2. The molecule has 3 aromatic heterocycles. The molecule has 0 aliphatic carbocycles. The number of carbonyl (C=O) groups is 1. The maximum Gasteiger partial charge on any atom is 0.254 e. The van der Waals surface area contributed by atoms with Crippen LogP contribution in [-0.2, 0) is 14.8 Å². The minimum absolute atomic E-state index is 0.0695. The van der Waals surface area contributed by atoms with Crippen LogP contribution < -0.4 is 10.6 Å². The maximum atomic E-state index is 13.0. The summed E-state index contributed by atoms with van der Waals surface area (Å²) in [5.41, 5.74) is 2.85. The summed E-state index contributed by atoms with van der Waals surface area (Å²) in [6, 6.07) is 10.0. The number of piperazine rings is 1. The number of anilines is 2. The standard InChI is InChI=1S/C25H28N8O3S2/c1-17(30-24-21-7-3-6-20(23(21)28-16-29-24)19-5-4-8-26-13-19)15-32-9-11-33(12-10-32)38(35,36)22-14-27-25(37-22)31-18(2)34/h3-8,13-14,16-17H,9-12,15H2,1-2H3,(H,27,31,34)(H,28,29,30). The third-order valence-electron chi connectivity index (χ3n) is 6.25. The van der Waals surface area contributed by atoms with Gasteiger partial charge in [0.25, 0.3) is 10.0 Å². The van der Waals surface area contributed by atoms with E-state index >= 15 is 0 Å². The monoisotopic (exact) mass is 552 g/mol. The lowest BCUT2D eigenvalue weighted by Gasteiger charge is -2.35. The first-order valence-corrected chi connectivity index (χ1v) is 14.4. The predicted octanol–water partition coefficient (Wildman–Crippen LogP) is 2.91. The minimum Gasteiger partial charge on any atom is -0.366 e. The number of rotatable bonds is 8. The molecule has 0 spiro atoms. The molecule has 1 saturated heterocycles. The van der Waals surface area contributed by atoms with E-state index in [4.69, 9.17) is 0 Å². The normalized spacial score (nSPS) is 15.8. The molecule has 198 valence electrons. The molecule has 5 rings (SSSR count). The molecule has 0 bridgehead atoms. The van der Waals surface area contributed by atoms with Crippen LogP contribution >= 0.6 is 11.3 Å². The fourth-order valence-electron chi connectivity index (χ4n) is 4.49. The molecule has 11 nitrogen and oxygen atoms in total. The maximum absolute atomic E-state index is 13.0. The number of aromatic nitrogens is 4. The largest absolute Gasteiger partial charge is 0.366 e. The first-order valence-electron chi connectivity index (χ1n) is 12.2. The first kappa shape index (κ1) is 26.1. The van der Waals surface area contributed by atoms with Gasteiger partial charge in [0, 0.05) is 74.6 Å². The molecule has 0 saturated carbocycles. The number of pyridine rings is 1. The van der Waals surface area contributed by atoms with Crippen molar-refractivity contribution in [1.82, 2.24) is 29.1 Å². The van der Waals surface area contributed by atoms with Crippen molar-refractivity contribution < 1.29 is 13.2 Å². The number of thiazole rings is 1. The molecule has 1 aromatic carbocycles. The van der Waals surface area contributed by atoms with Crippen LogP contribution in [0, 0.1) is 0 Å². The number of para-hydroxylation sites is 1. The SMILES string of the molecule is CC(=O)Nc1ncc(S(=O)(=O)N2CCN(CC(C)Nc3ncnc4c(-c5cccnc5)cccc34)CC2)s1. The van der Waals surface area contributed by atoms with Crippen molar-refractivity contribution in [3.05, 3.63) is 55.2 Å². The van der Waals surface area contributed by atoms with Gasteiger partial charge >= 0.3 is 0 Å². The van der Waals surface area contributed by atoms with Crippen LogP contribution in [-0.4, -0.2) is 82.2 Å². The second-order valence-electron chi connectivity index (χ2n) is 9.08. The highest BCUT2D eigenvalue weighted by molar-refractivity contribution is 7.91. The van der Waals surface area contributed by atoms with E-state index in [-0.39, 0.29) is 21.3 Å². The number of benzene rings is 1. The summed E-state index contributed by atoms with van der Waals surface area (Å²) in [6.45, 7) is 6.16. The average Bonchev–Trinajstić information content (AvgIpc) is 3.38. The molecule has 4 aromatic rings. The van der Waals surface area contributed by atoms with E-state index in [0.717, 1.165) is 45.7 Å². The summed E-state index contributed by atoms with van der Waals surface area (Å²) in [7, 11) is -3.65. The fraction of sp³-hybridized carbons (Fsp3) is 0.320. The van der Waals surface area contributed by atoms with Crippen LogP contribution in [0.2, 0.25) is 0 Å². The van der Waals surface area contributed by atoms with E-state index in [0.29, 0.717) is 26.2 Å². The molecule has 4 heterocycles. The summed E-state index contributed by atoms with van der Waals surface area (Å²) in [5, 5.41) is 7.25. The number of sulfonamides is 1. The van der Waals surface area contributed by atoms with Gasteiger partial charge in [-0.2, -0.15) is 4.31 Å². The summed E-state index contributed by atoms with van der Waals surface area (Å²) in [5.74, 6) is 0.471. The van der Waals surface area contributed by atoms with Gasteiger partial charge < -0.3 is 10.6 Å². The van der Waals surface area contributed by atoms with Crippen molar-refractivity contribution >= 4 is 49.1 Å². The number of nitrogens with zero attached hydrogens (tertiary/aromatic N) is 6. The quantitative estimate of drug-likeness (QED) is 0.338. The van der Waals surface area contributed by atoms with E-state index in [2.05, 4.69) is 42.4 Å². The highest BCUT2D eigenvalue weighted by Crippen LogP contribution is 2.30. The number of amides is 1. The fourth-order valence-corrected chi connectivity index (χ4v) is 7.15. The van der Waals surface area contributed by atoms with Crippen molar-refractivity contribution in [1.29, 1.82) is 0 Å². The van der Waals surface area contributed by atoms with Crippen LogP contribution in [0.1, 0.15) is 13.8 Å². The molecule has 1 aliphatic rings. The summed E-state index contributed by atoms with van der Waals surface area (Å²) < 4.78 is 27.7. The Morgan fingerprint density at radius 1 is 1.08 bits per heavy atom. The number of nitrogens with one attached hydrogen (secondary N) is 2. The Morgan fingerprint density at radius 3 is 2.63 bits per heavy atom. The third kappa shape index (κ3) is 5.65. The Hall–Kier alpha value is -3.52. The van der Waals surface area contributed by atoms with Crippen LogP contribution in [0.25, 0.3) is 22.0 Å². The van der Waals surface area contributed by atoms with Gasteiger partial charge in [0.05, 0.1) is 11.7 Å². The van der Waals surface area contributed by atoms with Crippen molar-refractivity contribution in [2.75, 3.05) is 43.4 Å². The Labute approximate surface area is 225 Å². The third-order valence-corrected chi connectivity index (χ3v) is 9.49. The minimum atomic E-state index is -3.65. The zero-order valence-corrected chi connectivity index (χ0v) is 22.7. The van der Waals surface area contributed by atoms with Crippen LogP contribution in [0.5, 0.6) is 0 Å². The smallest absolute Gasteiger partial charge is 0.254 e. The Balaban J connectivity index is 1.21. The second kappa shape index (κ2) is 11.1. The van der Waals surface area contributed by atoms with Gasteiger partial charge in [0.15, 0.2) is 9.34 Å². The van der Waals surface area contributed by atoms with E-state index in [9.17, 15) is 13.2 Å². The predicted molar refractivity (Wildman–Crippen MR) is 147 cm³/mol.